The van der Waals surface area contributed by atoms with Crippen LogP contribution >= 0.6 is 11.3 Å². The summed E-state index contributed by atoms with van der Waals surface area (Å²) in [7, 11) is 0. The SMILES string of the molecule is C=CCN(C(=O)Nc1sccc1C(=O)O)C(C)C. The number of nitrogens with zero attached hydrogens (tertiary/aromatic N) is 1. The Morgan fingerprint density at radius 2 is 2.28 bits per heavy atom. The molecule has 0 bridgehead atoms. The molecular formula is C12H16N2O3S. The lowest BCUT2D eigenvalue weighted by atomic mass is 10.3. The Morgan fingerprint density at radius 1 is 1.61 bits per heavy atom. The number of urea groups is 1. The van der Waals surface area contributed by atoms with Gasteiger partial charge in [0.15, 0.2) is 0 Å². The van der Waals surface area contributed by atoms with E-state index in [0.29, 0.717) is 11.5 Å². The van der Waals surface area contributed by atoms with Crippen LogP contribution in [0.25, 0.3) is 0 Å². The average molecular weight is 268 g/mol. The number of rotatable bonds is 5. The normalized spacial score (nSPS) is 10.2. The molecule has 18 heavy (non-hydrogen) atoms. The number of anilines is 1. The number of nitrogens with one attached hydrogen (secondary N) is 1. The number of carbonyl (C=O) groups excluding carboxylic acids is 1. The van der Waals surface area contributed by atoms with Crippen molar-refractivity contribution < 1.29 is 14.7 Å². The molecule has 0 radical (unpaired) electrons. The molecule has 1 aromatic rings. The topological polar surface area (TPSA) is 69.6 Å². The van der Waals surface area contributed by atoms with Gasteiger partial charge in [-0.25, -0.2) is 9.59 Å². The lowest BCUT2D eigenvalue weighted by molar-refractivity contribution is 0.0698. The molecule has 2 N–H and O–H groups in total. The van der Waals surface area contributed by atoms with Gasteiger partial charge in [-0.05, 0) is 25.3 Å². The first kappa shape index (κ1) is 14.2. The largest absolute Gasteiger partial charge is 0.478 e. The van der Waals surface area contributed by atoms with Crippen LogP contribution in [0.5, 0.6) is 0 Å². The standard InChI is InChI=1S/C12H16N2O3S/c1-4-6-14(8(2)3)12(17)13-10-9(11(15)16)5-7-18-10/h4-5,7-8H,1,6H2,2-3H3,(H,13,17)(H,15,16). The molecule has 5 nitrogen and oxygen atoms in total. The molecule has 0 aliphatic heterocycles. The first-order valence-corrected chi connectivity index (χ1v) is 6.34. The van der Waals surface area contributed by atoms with Crippen molar-refractivity contribution >= 4 is 28.3 Å². The maximum Gasteiger partial charge on any atom is 0.338 e. The van der Waals surface area contributed by atoms with Crippen LogP contribution in [0.3, 0.4) is 0 Å². The number of thiophene rings is 1. The predicted octanol–water partition coefficient (Wildman–Crippen LogP) is 2.87. The van der Waals surface area contributed by atoms with Crippen LogP contribution in [0.2, 0.25) is 0 Å². The molecule has 0 unspecified atom stereocenters. The Kier molecular flexibility index (Phi) is 4.91. The fourth-order valence-electron chi connectivity index (χ4n) is 1.41. The van der Waals surface area contributed by atoms with Crippen molar-refractivity contribution in [1.29, 1.82) is 0 Å². The number of hydrogen-bond donors (Lipinski definition) is 2. The van der Waals surface area contributed by atoms with Crippen LogP contribution in [-0.2, 0) is 0 Å². The molecule has 0 atom stereocenters. The van der Waals surface area contributed by atoms with E-state index in [2.05, 4.69) is 11.9 Å². The number of carboxylic acid groups (broad SMARTS) is 1. The smallest absolute Gasteiger partial charge is 0.338 e. The van der Waals surface area contributed by atoms with Gasteiger partial charge in [0, 0.05) is 12.6 Å². The number of aromatic carboxylic acids is 1. The van der Waals surface area contributed by atoms with Crippen molar-refractivity contribution in [3.05, 3.63) is 29.7 Å². The molecule has 0 aliphatic carbocycles. The van der Waals surface area contributed by atoms with Crippen molar-refractivity contribution in [2.75, 3.05) is 11.9 Å². The van der Waals surface area contributed by atoms with E-state index >= 15 is 0 Å². The van der Waals surface area contributed by atoms with Crippen molar-refractivity contribution in [1.82, 2.24) is 4.90 Å². The number of carbonyl (C=O) groups is 2. The molecule has 98 valence electrons. The van der Waals surface area contributed by atoms with Crippen LogP contribution in [0.15, 0.2) is 24.1 Å². The monoisotopic (exact) mass is 268 g/mol. The zero-order chi connectivity index (χ0) is 13.7. The second-order valence-corrected chi connectivity index (χ2v) is 4.85. The lowest BCUT2D eigenvalue weighted by Gasteiger charge is -2.25. The fraction of sp³-hybridized carbons (Fsp3) is 0.333. The molecule has 0 aromatic carbocycles. The predicted molar refractivity (Wildman–Crippen MR) is 72.3 cm³/mol. The second kappa shape index (κ2) is 6.20. The molecule has 1 aromatic heterocycles. The number of carboxylic acids is 1. The Hall–Kier alpha value is -1.82. The highest BCUT2D eigenvalue weighted by molar-refractivity contribution is 7.14. The van der Waals surface area contributed by atoms with Gasteiger partial charge < -0.3 is 10.0 Å². The third-order valence-corrected chi connectivity index (χ3v) is 3.16. The van der Waals surface area contributed by atoms with Gasteiger partial charge in [0.1, 0.15) is 5.00 Å². The Balaban J connectivity index is 2.82. The van der Waals surface area contributed by atoms with Crippen molar-refractivity contribution in [2.24, 2.45) is 0 Å². The third-order valence-electron chi connectivity index (χ3n) is 2.33. The quantitative estimate of drug-likeness (QED) is 0.807. The van der Waals surface area contributed by atoms with E-state index in [1.54, 1.807) is 16.4 Å². The molecule has 0 spiro atoms. The highest BCUT2D eigenvalue weighted by atomic mass is 32.1. The van der Waals surface area contributed by atoms with Gasteiger partial charge in [-0.3, -0.25) is 5.32 Å². The summed E-state index contributed by atoms with van der Waals surface area (Å²) in [5.41, 5.74) is 0.107. The summed E-state index contributed by atoms with van der Waals surface area (Å²) in [6, 6.07) is 1.15. The van der Waals surface area contributed by atoms with E-state index in [9.17, 15) is 9.59 Å². The minimum Gasteiger partial charge on any atom is -0.478 e. The molecule has 1 rings (SSSR count). The van der Waals surface area contributed by atoms with Crippen LogP contribution in [0, 0.1) is 0 Å². The maximum absolute atomic E-state index is 12.0. The molecule has 0 fully saturated rings. The molecule has 0 aliphatic rings. The summed E-state index contributed by atoms with van der Waals surface area (Å²) in [6.45, 7) is 7.78. The highest BCUT2D eigenvalue weighted by Gasteiger charge is 2.19. The van der Waals surface area contributed by atoms with Crippen LogP contribution in [0.1, 0.15) is 24.2 Å². The van der Waals surface area contributed by atoms with E-state index in [1.165, 1.54) is 17.4 Å². The molecule has 6 heteroatoms. The first-order chi connectivity index (χ1) is 8.47. The van der Waals surface area contributed by atoms with Crippen LogP contribution in [-0.4, -0.2) is 34.6 Å². The highest BCUT2D eigenvalue weighted by Crippen LogP contribution is 2.23. The van der Waals surface area contributed by atoms with E-state index in [-0.39, 0.29) is 17.6 Å². The molecular weight excluding hydrogens is 252 g/mol. The summed E-state index contributed by atoms with van der Waals surface area (Å²) >= 11 is 1.19. The molecule has 0 saturated heterocycles. The zero-order valence-corrected chi connectivity index (χ0v) is 11.2. The van der Waals surface area contributed by atoms with Gasteiger partial charge in [-0.2, -0.15) is 0 Å². The molecule has 0 saturated carbocycles. The number of amides is 2. The van der Waals surface area contributed by atoms with Crippen molar-refractivity contribution in [2.45, 2.75) is 19.9 Å². The van der Waals surface area contributed by atoms with E-state index < -0.39 is 5.97 Å². The summed E-state index contributed by atoms with van der Waals surface area (Å²) in [5, 5.41) is 13.5. The van der Waals surface area contributed by atoms with Gasteiger partial charge in [0.25, 0.3) is 0 Å². The van der Waals surface area contributed by atoms with Gasteiger partial charge >= 0.3 is 12.0 Å². The van der Waals surface area contributed by atoms with Crippen LogP contribution in [0.4, 0.5) is 9.80 Å². The lowest BCUT2D eigenvalue weighted by Crippen LogP contribution is -2.40. The summed E-state index contributed by atoms with van der Waals surface area (Å²) in [4.78, 5) is 24.5. The summed E-state index contributed by atoms with van der Waals surface area (Å²) < 4.78 is 0. The molecule has 2 amide bonds. The Labute approximate surface area is 110 Å². The third kappa shape index (κ3) is 3.33. The van der Waals surface area contributed by atoms with Crippen LogP contribution < -0.4 is 5.32 Å². The van der Waals surface area contributed by atoms with E-state index in [4.69, 9.17) is 5.11 Å². The summed E-state index contributed by atoms with van der Waals surface area (Å²) in [5.74, 6) is -1.05. The Bertz CT molecular complexity index is 454. The minimum absolute atomic E-state index is 0.0104. The minimum atomic E-state index is -1.05. The Morgan fingerprint density at radius 3 is 2.78 bits per heavy atom. The van der Waals surface area contributed by atoms with Gasteiger partial charge in [0.2, 0.25) is 0 Å². The maximum atomic E-state index is 12.0. The van der Waals surface area contributed by atoms with E-state index in [1.807, 2.05) is 13.8 Å². The van der Waals surface area contributed by atoms with Gasteiger partial charge in [-0.15, -0.1) is 17.9 Å². The zero-order valence-electron chi connectivity index (χ0n) is 10.3. The second-order valence-electron chi connectivity index (χ2n) is 3.93. The van der Waals surface area contributed by atoms with Gasteiger partial charge in [0.05, 0.1) is 5.56 Å². The molecule has 1 heterocycles. The fourth-order valence-corrected chi connectivity index (χ4v) is 2.18. The van der Waals surface area contributed by atoms with E-state index in [0.717, 1.165) is 0 Å². The van der Waals surface area contributed by atoms with Crippen molar-refractivity contribution in [3.8, 4) is 0 Å². The van der Waals surface area contributed by atoms with Crippen molar-refractivity contribution in [3.63, 3.8) is 0 Å². The average Bonchev–Trinajstić information content (AvgIpc) is 2.73. The van der Waals surface area contributed by atoms with Gasteiger partial charge in [-0.1, -0.05) is 6.08 Å². The number of hydrogen-bond acceptors (Lipinski definition) is 3. The summed E-state index contributed by atoms with van der Waals surface area (Å²) in [6.07, 6.45) is 1.63. The first-order valence-electron chi connectivity index (χ1n) is 5.46.